The van der Waals surface area contributed by atoms with Crippen LogP contribution in [0, 0.1) is 0 Å². The lowest BCUT2D eigenvalue weighted by Gasteiger charge is -2.14. The van der Waals surface area contributed by atoms with Crippen molar-refractivity contribution in [1.82, 2.24) is 15.1 Å². The Hall–Kier alpha value is -1.78. The van der Waals surface area contributed by atoms with Crippen LogP contribution in [0.5, 0.6) is 0 Å². The molecule has 0 unspecified atom stereocenters. The Morgan fingerprint density at radius 2 is 1.79 bits per heavy atom. The number of H-pyrrole nitrogens is 1. The number of hydrogen-bond acceptors (Lipinski definition) is 4. The predicted molar refractivity (Wildman–Crippen MR) is 75.8 cm³/mol. The summed E-state index contributed by atoms with van der Waals surface area (Å²) in [5.74, 6) is 1.27. The van der Waals surface area contributed by atoms with Gasteiger partial charge < -0.3 is 9.51 Å². The van der Waals surface area contributed by atoms with E-state index in [4.69, 9.17) is 4.52 Å². The molecule has 5 heteroatoms. The standard InChI is InChI=1S/C14H22N4O/c1-13(2,3)9-7-11(19-18-9)17-12-15-8-10(16-12)14(4,5)6/h7-8H,1-6H3,(H2,15,16,17). The van der Waals surface area contributed by atoms with E-state index in [1.54, 1.807) is 0 Å². The molecule has 0 spiro atoms. The van der Waals surface area contributed by atoms with E-state index in [9.17, 15) is 0 Å². The molecule has 0 aliphatic heterocycles. The fraction of sp³-hybridized carbons (Fsp3) is 0.571. The molecule has 0 aliphatic carbocycles. The van der Waals surface area contributed by atoms with Crippen LogP contribution in [0.3, 0.4) is 0 Å². The first-order valence-electron chi connectivity index (χ1n) is 6.46. The molecule has 0 atom stereocenters. The average Bonchev–Trinajstić information content (AvgIpc) is 2.84. The van der Waals surface area contributed by atoms with E-state index in [1.165, 1.54) is 0 Å². The van der Waals surface area contributed by atoms with Crippen LogP contribution < -0.4 is 5.32 Å². The number of aromatic nitrogens is 3. The minimum Gasteiger partial charge on any atom is -0.338 e. The van der Waals surface area contributed by atoms with Crippen LogP contribution in [0.4, 0.5) is 11.8 Å². The minimum atomic E-state index is -0.0246. The van der Waals surface area contributed by atoms with E-state index >= 15 is 0 Å². The highest BCUT2D eigenvalue weighted by molar-refractivity contribution is 5.47. The molecule has 19 heavy (non-hydrogen) atoms. The molecule has 2 N–H and O–H groups in total. The summed E-state index contributed by atoms with van der Waals surface area (Å²) < 4.78 is 5.27. The number of anilines is 2. The second-order valence-corrected chi connectivity index (χ2v) is 6.85. The van der Waals surface area contributed by atoms with Gasteiger partial charge in [0, 0.05) is 22.6 Å². The average molecular weight is 262 g/mol. The van der Waals surface area contributed by atoms with Crippen molar-refractivity contribution < 1.29 is 4.52 Å². The van der Waals surface area contributed by atoms with Gasteiger partial charge in [0.25, 0.3) is 0 Å². The van der Waals surface area contributed by atoms with E-state index in [0.29, 0.717) is 11.8 Å². The third-order valence-corrected chi connectivity index (χ3v) is 2.90. The van der Waals surface area contributed by atoms with Crippen molar-refractivity contribution in [2.45, 2.75) is 52.4 Å². The third kappa shape index (κ3) is 3.16. The number of hydrogen-bond donors (Lipinski definition) is 2. The molecule has 0 bridgehead atoms. The van der Waals surface area contributed by atoms with Crippen molar-refractivity contribution in [3.63, 3.8) is 0 Å². The van der Waals surface area contributed by atoms with Gasteiger partial charge in [-0.3, -0.25) is 5.32 Å². The van der Waals surface area contributed by atoms with Crippen LogP contribution >= 0.6 is 0 Å². The van der Waals surface area contributed by atoms with Gasteiger partial charge >= 0.3 is 0 Å². The zero-order chi connectivity index (χ0) is 14.3. The van der Waals surface area contributed by atoms with Crippen molar-refractivity contribution in [3.8, 4) is 0 Å². The molecule has 2 aromatic heterocycles. The molecule has 0 amide bonds. The first kappa shape index (κ1) is 13.6. The van der Waals surface area contributed by atoms with Gasteiger partial charge in [0.1, 0.15) is 0 Å². The third-order valence-electron chi connectivity index (χ3n) is 2.90. The van der Waals surface area contributed by atoms with Gasteiger partial charge in [-0.2, -0.15) is 0 Å². The largest absolute Gasteiger partial charge is 0.338 e. The van der Waals surface area contributed by atoms with Crippen molar-refractivity contribution in [2.24, 2.45) is 0 Å². The Kier molecular flexibility index (Phi) is 3.16. The molecule has 2 aromatic rings. The highest BCUT2D eigenvalue weighted by atomic mass is 16.5. The zero-order valence-electron chi connectivity index (χ0n) is 12.5. The molecule has 2 rings (SSSR count). The van der Waals surface area contributed by atoms with Crippen LogP contribution in [0.15, 0.2) is 16.8 Å². The number of rotatable bonds is 2. The van der Waals surface area contributed by atoms with E-state index in [-0.39, 0.29) is 10.8 Å². The number of nitrogens with zero attached hydrogens (tertiary/aromatic N) is 2. The summed E-state index contributed by atoms with van der Waals surface area (Å²) in [6, 6.07) is 1.90. The van der Waals surface area contributed by atoms with Gasteiger partial charge in [0.15, 0.2) is 0 Å². The Bertz CT molecular complexity index is 504. The maximum absolute atomic E-state index is 5.27. The van der Waals surface area contributed by atoms with Crippen molar-refractivity contribution in [1.29, 1.82) is 0 Å². The predicted octanol–water partition coefficient (Wildman–Crippen LogP) is 3.74. The summed E-state index contributed by atoms with van der Waals surface area (Å²) >= 11 is 0. The lowest BCUT2D eigenvalue weighted by Crippen LogP contribution is -2.11. The monoisotopic (exact) mass is 262 g/mol. The summed E-state index contributed by atoms with van der Waals surface area (Å²) in [5.41, 5.74) is 2.01. The summed E-state index contributed by atoms with van der Waals surface area (Å²) in [7, 11) is 0. The first-order chi connectivity index (χ1) is 8.66. The second-order valence-electron chi connectivity index (χ2n) is 6.85. The highest BCUT2D eigenvalue weighted by Gasteiger charge is 2.20. The lowest BCUT2D eigenvalue weighted by molar-refractivity contribution is 0.404. The van der Waals surface area contributed by atoms with Crippen LogP contribution in [0.2, 0.25) is 0 Å². The van der Waals surface area contributed by atoms with Gasteiger partial charge in [-0.1, -0.05) is 46.7 Å². The Labute approximate surface area is 113 Å². The van der Waals surface area contributed by atoms with Gasteiger partial charge in [0.2, 0.25) is 11.8 Å². The fourth-order valence-electron chi connectivity index (χ4n) is 1.57. The molecular formula is C14H22N4O. The summed E-state index contributed by atoms with van der Waals surface area (Å²) in [6.45, 7) is 12.7. The number of aromatic amines is 1. The maximum Gasteiger partial charge on any atom is 0.231 e. The van der Waals surface area contributed by atoms with Gasteiger partial charge in [0.05, 0.1) is 11.9 Å². The van der Waals surface area contributed by atoms with E-state index in [1.807, 2.05) is 12.3 Å². The molecular weight excluding hydrogens is 240 g/mol. The molecule has 5 nitrogen and oxygen atoms in total. The van der Waals surface area contributed by atoms with Crippen LogP contribution in [0.1, 0.15) is 52.9 Å². The Morgan fingerprint density at radius 1 is 1.11 bits per heavy atom. The molecule has 0 saturated heterocycles. The molecule has 0 saturated carbocycles. The minimum absolute atomic E-state index is 0.0246. The number of nitrogens with one attached hydrogen (secondary N) is 2. The normalized spacial score (nSPS) is 12.7. The Balaban J connectivity index is 2.14. The van der Waals surface area contributed by atoms with Crippen LogP contribution in [0.25, 0.3) is 0 Å². The van der Waals surface area contributed by atoms with Crippen molar-refractivity contribution in [2.75, 3.05) is 5.32 Å². The van der Waals surface area contributed by atoms with E-state index in [0.717, 1.165) is 11.4 Å². The topological polar surface area (TPSA) is 66.7 Å². The molecule has 0 aliphatic rings. The molecule has 104 valence electrons. The molecule has 0 radical (unpaired) electrons. The SMILES string of the molecule is CC(C)(C)c1cc(Nc2ncc(C(C)(C)C)[nH]2)on1. The Morgan fingerprint density at radius 3 is 2.26 bits per heavy atom. The summed E-state index contributed by atoms with van der Waals surface area (Å²) in [4.78, 5) is 7.53. The van der Waals surface area contributed by atoms with Crippen molar-refractivity contribution in [3.05, 3.63) is 23.7 Å². The summed E-state index contributed by atoms with van der Waals surface area (Å²) in [6.07, 6.45) is 1.84. The highest BCUT2D eigenvalue weighted by Crippen LogP contribution is 2.26. The number of imidazole rings is 1. The zero-order valence-corrected chi connectivity index (χ0v) is 12.5. The van der Waals surface area contributed by atoms with E-state index in [2.05, 4.69) is 62.0 Å². The van der Waals surface area contributed by atoms with Crippen molar-refractivity contribution >= 4 is 11.8 Å². The van der Waals surface area contributed by atoms with Crippen LogP contribution in [-0.2, 0) is 10.8 Å². The fourth-order valence-corrected chi connectivity index (χ4v) is 1.57. The molecule has 0 fully saturated rings. The summed E-state index contributed by atoms with van der Waals surface area (Å²) in [5, 5.41) is 7.15. The van der Waals surface area contributed by atoms with Gasteiger partial charge in [-0.25, -0.2) is 4.98 Å². The lowest BCUT2D eigenvalue weighted by atomic mass is 9.92. The first-order valence-corrected chi connectivity index (χ1v) is 6.46. The molecule has 2 heterocycles. The quantitative estimate of drug-likeness (QED) is 0.865. The van der Waals surface area contributed by atoms with E-state index < -0.39 is 0 Å². The van der Waals surface area contributed by atoms with Crippen LogP contribution in [-0.4, -0.2) is 15.1 Å². The van der Waals surface area contributed by atoms with Gasteiger partial charge in [-0.15, -0.1) is 0 Å². The molecule has 0 aromatic carbocycles. The maximum atomic E-state index is 5.27. The second kappa shape index (κ2) is 4.40. The smallest absolute Gasteiger partial charge is 0.231 e. The van der Waals surface area contributed by atoms with Gasteiger partial charge in [-0.05, 0) is 0 Å².